The lowest BCUT2D eigenvalue weighted by atomic mass is 9.96. The van der Waals surface area contributed by atoms with Gasteiger partial charge in [0.15, 0.2) is 6.29 Å². The molecule has 1 fully saturated rings. The van der Waals surface area contributed by atoms with E-state index in [0.717, 1.165) is 12.8 Å². The van der Waals surface area contributed by atoms with Crippen LogP contribution in [-0.2, 0) is 11.2 Å². The lowest BCUT2D eigenvalue weighted by Gasteiger charge is -2.40. The van der Waals surface area contributed by atoms with Gasteiger partial charge >= 0.3 is 0 Å². The van der Waals surface area contributed by atoms with Gasteiger partial charge in [0.05, 0.1) is 12.6 Å². The summed E-state index contributed by atoms with van der Waals surface area (Å²) in [6.45, 7) is 0.102. The highest BCUT2D eigenvalue weighted by Gasteiger charge is 2.43. The van der Waals surface area contributed by atoms with Gasteiger partial charge in [-0.15, -0.1) is 0 Å². The molecule has 2 aromatic rings. The van der Waals surface area contributed by atoms with Gasteiger partial charge in [-0.25, -0.2) is 0 Å². The summed E-state index contributed by atoms with van der Waals surface area (Å²) in [5.74, 6) is 0. The van der Waals surface area contributed by atoms with E-state index in [1.165, 1.54) is 16.3 Å². The van der Waals surface area contributed by atoms with Crippen LogP contribution in [0.15, 0.2) is 42.5 Å². The summed E-state index contributed by atoms with van der Waals surface area (Å²) in [5.41, 5.74) is 1.25. The smallest absolute Gasteiger partial charge is 0.173 e. The zero-order chi connectivity index (χ0) is 17.8. The number of hydrogen-bond acceptors (Lipinski definition) is 6. The molecule has 1 aliphatic rings. The average molecular weight is 347 g/mol. The van der Waals surface area contributed by atoms with Gasteiger partial charge < -0.3 is 30.5 Å². The molecule has 1 unspecified atom stereocenters. The number of aliphatic hydroxyl groups is 4. The van der Waals surface area contributed by atoms with Crippen LogP contribution in [-0.4, -0.2) is 64.2 Å². The van der Waals surface area contributed by atoms with Gasteiger partial charge in [0.1, 0.15) is 18.3 Å². The van der Waals surface area contributed by atoms with Crippen molar-refractivity contribution in [1.82, 2.24) is 5.32 Å². The fourth-order valence-corrected chi connectivity index (χ4v) is 3.38. The summed E-state index contributed by atoms with van der Waals surface area (Å²) in [6.07, 6.45) is -3.01. The van der Waals surface area contributed by atoms with Crippen LogP contribution in [0.4, 0.5) is 0 Å². The standard InChI is InChI=1S/C19H25NO5/c21-11-15-17(22)18(23)16(19(24)25-15)20-10-4-8-13-7-3-6-12-5-1-2-9-14(12)13/h1-3,5-7,9,15-24H,4,8,10-11H2/t15-,16+,17+,18-,19?/m1/s1. The lowest BCUT2D eigenvalue weighted by Crippen LogP contribution is -2.63. The summed E-state index contributed by atoms with van der Waals surface area (Å²) in [4.78, 5) is 0. The zero-order valence-corrected chi connectivity index (χ0v) is 14.0. The lowest BCUT2D eigenvalue weighted by molar-refractivity contribution is -0.254. The maximum absolute atomic E-state index is 10.1. The number of fused-ring (bicyclic) bond motifs is 1. The molecule has 2 aromatic carbocycles. The van der Waals surface area contributed by atoms with Gasteiger partial charge in [0.2, 0.25) is 0 Å². The van der Waals surface area contributed by atoms with Crippen LogP contribution in [0.1, 0.15) is 12.0 Å². The second kappa shape index (κ2) is 8.23. The minimum Gasteiger partial charge on any atom is -0.394 e. The molecule has 6 nitrogen and oxygen atoms in total. The third-order valence-electron chi connectivity index (χ3n) is 4.78. The van der Waals surface area contributed by atoms with Gasteiger partial charge in [-0.2, -0.15) is 0 Å². The van der Waals surface area contributed by atoms with Crippen LogP contribution in [0, 0.1) is 0 Å². The summed E-state index contributed by atoms with van der Waals surface area (Å²) < 4.78 is 5.14. The van der Waals surface area contributed by atoms with Gasteiger partial charge in [-0.05, 0) is 35.7 Å². The second-order valence-corrected chi connectivity index (χ2v) is 6.45. The number of aliphatic hydroxyl groups excluding tert-OH is 4. The molecule has 6 heteroatoms. The van der Waals surface area contributed by atoms with Gasteiger partial charge in [-0.3, -0.25) is 0 Å². The Labute approximate surface area is 146 Å². The molecule has 0 aliphatic carbocycles. The van der Waals surface area contributed by atoms with Crippen molar-refractivity contribution in [3.8, 4) is 0 Å². The second-order valence-electron chi connectivity index (χ2n) is 6.45. The first kappa shape index (κ1) is 18.3. The minimum absolute atomic E-state index is 0.455. The normalized spacial score (nSPS) is 29.8. The molecule has 0 amide bonds. The highest BCUT2D eigenvalue weighted by molar-refractivity contribution is 5.85. The maximum atomic E-state index is 10.1. The number of benzene rings is 2. The van der Waals surface area contributed by atoms with Crippen LogP contribution in [0.25, 0.3) is 10.8 Å². The predicted octanol–water partition coefficient (Wildman–Crippen LogP) is 0.162. The number of nitrogens with one attached hydrogen (secondary N) is 1. The molecule has 0 spiro atoms. The maximum Gasteiger partial charge on any atom is 0.173 e. The Balaban J connectivity index is 1.54. The van der Waals surface area contributed by atoms with E-state index in [9.17, 15) is 15.3 Å². The van der Waals surface area contributed by atoms with Crippen molar-refractivity contribution in [2.75, 3.05) is 13.2 Å². The molecule has 136 valence electrons. The highest BCUT2D eigenvalue weighted by atomic mass is 16.6. The minimum atomic E-state index is -1.27. The van der Waals surface area contributed by atoms with Crippen LogP contribution < -0.4 is 5.32 Å². The van der Waals surface area contributed by atoms with Crippen LogP contribution in [0.2, 0.25) is 0 Å². The van der Waals surface area contributed by atoms with Crippen molar-refractivity contribution in [1.29, 1.82) is 0 Å². The molecular formula is C19H25NO5. The van der Waals surface area contributed by atoms with Gasteiger partial charge in [0, 0.05) is 0 Å². The first-order chi connectivity index (χ1) is 12.1. The number of rotatable bonds is 6. The molecular weight excluding hydrogens is 322 g/mol. The molecule has 5 N–H and O–H groups in total. The van der Waals surface area contributed by atoms with Crippen molar-refractivity contribution in [2.45, 2.75) is 43.5 Å². The van der Waals surface area contributed by atoms with Crippen molar-refractivity contribution in [3.63, 3.8) is 0 Å². The van der Waals surface area contributed by atoms with Crippen LogP contribution in [0.5, 0.6) is 0 Å². The zero-order valence-electron chi connectivity index (χ0n) is 14.0. The van der Waals surface area contributed by atoms with E-state index in [2.05, 4.69) is 29.6 Å². The number of aryl methyl sites for hydroxylation is 1. The van der Waals surface area contributed by atoms with Crippen molar-refractivity contribution < 1.29 is 25.2 Å². The molecule has 5 atom stereocenters. The fraction of sp³-hybridized carbons (Fsp3) is 0.474. The van der Waals surface area contributed by atoms with E-state index in [-0.39, 0.29) is 0 Å². The largest absolute Gasteiger partial charge is 0.394 e. The molecule has 0 radical (unpaired) electrons. The Morgan fingerprint density at radius 3 is 2.52 bits per heavy atom. The molecule has 1 aliphatic heterocycles. The van der Waals surface area contributed by atoms with E-state index in [0.29, 0.717) is 6.54 Å². The Bertz CT molecular complexity index is 689. The van der Waals surface area contributed by atoms with E-state index >= 15 is 0 Å². The van der Waals surface area contributed by atoms with E-state index < -0.39 is 37.3 Å². The van der Waals surface area contributed by atoms with Crippen molar-refractivity contribution in [3.05, 3.63) is 48.0 Å². The Hall–Kier alpha value is -1.54. The van der Waals surface area contributed by atoms with Crippen LogP contribution >= 0.6 is 0 Å². The Morgan fingerprint density at radius 2 is 1.72 bits per heavy atom. The van der Waals surface area contributed by atoms with Crippen molar-refractivity contribution >= 4 is 10.8 Å². The molecule has 1 heterocycles. The van der Waals surface area contributed by atoms with Crippen molar-refractivity contribution in [2.24, 2.45) is 0 Å². The summed E-state index contributed by atoms with van der Waals surface area (Å²) in [7, 11) is 0. The average Bonchev–Trinajstić information content (AvgIpc) is 2.64. The number of ether oxygens (including phenoxy) is 1. The quantitative estimate of drug-likeness (QED) is 0.477. The third-order valence-corrected chi connectivity index (χ3v) is 4.78. The van der Waals surface area contributed by atoms with Gasteiger partial charge in [-0.1, -0.05) is 42.5 Å². The summed E-state index contributed by atoms with van der Waals surface area (Å²) >= 11 is 0. The first-order valence-electron chi connectivity index (χ1n) is 8.62. The topological polar surface area (TPSA) is 102 Å². The predicted molar refractivity (Wildman–Crippen MR) is 94.0 cm³/mol. The molecule has 25 heavy (non-hydrogen) atoms. The SMILES string of the molecule is OC[C@H]1OC(O)[C@@H](NCCCc2cccc3ccccc23)[C@@H](O)[C@H]1O. The molecule has 0 bridgehead atoms. The van der Waals surface area contributed by atoms with E-state index in [4.69, 9.17) is 9.84 Å². The fourth-order valence-electron chi connectivity index (χ4n) is 3.38. The summed E-state index contributed by atoms with van der Waals surface area (Å²) in [6, 6.07) is 13.7. The molecule has 3 rings (SSSR count). The Kier molecular flexibility index (Phi) is 6.01. The first-order valence-corrected chi connectivity index (χ1v) is 8.62. The molecule has 0 saturated carbocycles. The third kappa shape index (κ3) is 4.00. The highest BCUT2D eigenvalue weighted by Crippen LogP contribution is 2.21. The Morgan fingerprint density at radius 1 is 0.960 bits per heavy atom. The molecule has 1 saturated heterocycles. The van der Waals surface area contributed by atoms with Crippen LogP contribution in [0.3, 0.4) is 0 Å². The number of hydrogen-bond donors (Lipinski definition) is 5. The van der Waals surface area contributed by atoms with Gasteiger partial charge in [0.25, 0.3) is 0 Å². The van der Waals surface area contributed by atoms with E-state index in [1.807, 2.05) is 18.2 Å². The van der Waals surface area contributed by atoms with E-state index in [1.54, 1.807) is 0 Å². The summed E-state index contributed by atoms with van der Waals surface area (Å²) in [5, 5.41) is 44.5. The molecule has 0 aromatic heterocycles. The monoisotopic (exact) mass is 347 g/mol.